The molecular weight excluding hydrogens is 298 g/mol. The fourth-order valence-corrected chi connectivity index (χ4v) is 3.04. The van der Waals surface area contributed by atoms with Gasteiger partial charge in [0.2, 0.25) is 10.0 Å². The molecule has 0 atom stereocenters. The summed E-state index contributed by atoms with van der Waals surface area (Å²) in [6, 6.07) is 3.69. The van der Waals surface area contributed by atoms with Crippen LogP contribution >= 0.6 is 0 Å². The number of rotatable bonds is 8. The van der Waals surface area contributed by atoms with Crippen LogP contribution in [0.1, 0.15) is 6.92 Å². The molecule has 0 fully saturated rings. The first-order valence-electron chi connectivity index (χ1n) is 6.34. The molecule has 0 heterocycles. The van der Waals surface area contributed by atoms with Crippen LogP contribution in [0.2, 0.25) is 0 Å². The van der Waals surface area contributed by atoms with Crippen LogP contribution < -0.4 is 5.32 Å². The monoisotopic (exact) mass is 317 g/mol. The number of anilines is 1. The average molecular weight is 317 g/mol. The first kappa shape index (κ1) is 17.3. The predicted octanol–water partition coefficient (Wildman–Crippen LogP) is 1.29. The van der Waals surface area contributed by atoms with Gasteiger partial charge in [-0.15, -0.1) is 0 Å². The molecule has 0 aromatic heterocycles. The van der Waals surface area contributed by atoms with Gasteiger partial charge in [-0.05, 0) is 13.0 Å². The van der Waals surface area contributed by atoms with E-state index in [9.17, 15) is 18.5 Å². The van der Waals surface area contributed by atoms with E-state index in [1.165, 1.54) is 19.2 Å². The lowest BCUT2D eigenvalue weighted by atomic mass is 10.3. The highest BCUT2D eigenvalue weighted by Gasteiger charge is 2.26. The molecule has 0 aliphatic carbocycles. The van der Waals surface area contributed by atoms with E-state index in [0.29, 0.717) is 12.3 Å². The maximum Gasteiger partial charge on any atom is 0.270 e. The predicted molar refractivity (Wildman–Crippen MR) is 79.0 cm³/mol. The molecule has 0 radical (unpaired) electrons. The zero-order valence-corrected chi connectivity index (χ0v) is 13.0. The number of likely N-dealkylation sites (N-methyl/N-ethyl adjacent to an activating group) is 1. The van der Waals surface area contributed by atoms with Gasteiger partial charge in [0.25, 0.3) is 5.69 Å². The van der Waals surface area contributed by atoms with Crippen molar-refractivity contribution < 1.29 is 18.1 Å². The molecule has 0 aliphatic heterocycles. The molecule has 0 aliphatic rings. The van der Waals surface area contributed by atoms with Crippen LogP contribution in [0.5, 0.6) is 0 Å². The van der Waals surface area contributed by atoms with Gasteiger partial charge in [0.15, 0.2) is 0 Å². The summed E-state index contributed by atoms with van der Waals surface area (Å²) in [5, 5.41) is 13.5. The number of nitro groups is 1. The Kier molecular flexibility index (Phi) is 6.06. The highest BCUT2D eigenvalue weighted by atomic mass is 32.2. The summed E-state index contributed by atoms with van der Waals surface area (Å²) < 4.78 is 31.2. The van der Waals surface area contributed by atoms with Crippen molar-refractivity contribution in [1.82, 2.24) is 4.31 Å². The third-order valence-electron chi connectivity index (χ3n) is 2.89. The molecule has 9 heteroatoms. The molecule has 0 amide bonds. The summed E-state index contributed by atoms with van der Waals surface area (Å²) in [4.78, 5) is 10.1. The molecule has 1 rings (SSSR count). The number of hydrogen-bond donors (Lipinski definition) is 1. The number of benzene rings is 1. The molecule has 1 aromatic carbocycles. The number of nitrogens with zero attached hydrogens (tertiary/aromatic N) is 2. The Morgan fingerprint density at radius 1 is 1.43 bits per heavy atom. The van der Waals surface area contributed by atoms with Crippen LogP contribution in [0.15, 0.2) is 23.1 Å². The zero-order chi connectivity index (χ0) is 16.0. The minimum absolute atomic E-state index is 0.127. The van der Waals surface area contributed by atoms with Gasteiger partial charge in [0, 0.05) is 39.4 Å². The fraction of sp³-hybridized carbons (Fsp3) is 0.500. The lowest BCUT2D eigenvalue weighted by Gasteiger charge is -2.19. The van der Waals surface area contributed by atoms with Gasteiger partial charge in [-0.25, -0.2) is 8.42 Å². The van der Waals surface area contributed by atoms with E-state index in [1.807, 2.05) is 6.92 Å². The quantitative estimate of drug-likeness (QED) is 0.440. The molecule has 0 spiro atoms. The maximum atomic E-state index is 12.5. The van der Waals surface area contributed by atoms with Crippen molar-refractivity contribution in [2.75, 3.05) is 39.2 Å². The van der Waals surface area contributed by atoms with Gasteiger partial charge in [0.05, 0.1) is 17.2 Å². The summed E-state index contributed by atoms with van der Waals surface area (Å²) in [7, 11) is -0.867. The number of non-ortho nitro benzene ring substituents is 1. The van der Waals surface area contributed by atoms with Crippen LogP contribution in [-0.2, 0) is 14.8 Å². The second-order valence-corrected chi connectivity index (χ2v) is 6.22. The van der Waals surface area contributed by atoms with Crippen molar-refractivity contribution in [3.63, 3.8) is 0 Å². The number of ether oxygens (including phenoxy) is 1. The van der Waals surface area contributed by atoms with Crippen molar-refractivity contribution >= 4 is 21.4 Å². The lowest BCUT2D eigenvalue weighted by Crippen LogP contribution is -2.30. The van der Waals surface area contributed by atoms with E-state index in [1.54, 1.807) is 7.05 Å². The highest BCUT2D eigenvalue weighted by molar-refractivity contribution is 7.89. The van der Waals surface area contributed by atoms with Crippen molar-refractivity contribution in [3.05, 3.63) is 28.3 Å². The molecule has 0 unspecified atom stereocenters. The largest absolute Gasteiger partial charge is 0.387 e. The summed E-state index contributed by atoms with van der Waals surface area (Å²) in [5.41, 5.74) is 0.0367. The zero-order valence-electron chi connectivity index (χ0n) is 12.2. The van der Waals surface area contributed by atoms with Crippen LogP contribution in [0.3, 0.4) is 0 Å². The number of nitrogens with one attached hydrogen (secondary N) is 1. The second kappa shape index (κ2) is 7.34. The third kappa shape index (κ3) is 4.13. The minimum atomic E-state index is -3.83. The minimum Gasteiger partial charge on any atom is -0.387 e. The van der Waals surface area contributed by atoms with E-state index in [0.717, 1.165) is 10.4 Å². The Bertz CT molecular complexity index is 603. The Hall–Kier alpha value is -1.71. The average Bonchev–Trinajstić information content (AvgIpc) is 2.46. The first-order valence-corrected chi connectivity index (χ1v) is 7.78. The van der Waals surface area contributed by atoms with Gasteiger partial charge >= 0.3 is 0 Å². The van der Waals surface area contributed by atoms with Crippen molar-refractivity contribution in [1.29, 1.82) is 0 Å². The maximum absolute atomic E-state index is 12.5. The Morgan fingerprint density at radius 3 is 2.62 bits per heavy atom. The molecule has 0 saturated heterocycles. The number of hydrogen-bond acceptors (Lipinski definition) is 6. The van der Waals surface area contributed by atoms with Gasteiger partial charge in [-0.1, -0.05) is 0 Å². The Morgan fingerprint density at radius 2 is 2.10 bits per heavy atom. The second-order valence-electron chi connectivity index (χ2n) is 4.21. The van der Waals surface area contributed by atoms with Gasteiger partial charge < -0.3 is 10.1 Å². The third-order valence-corrected chi connectivity index (χ3v) is 4.79. The summed E-state index contributed by atoms with van der Waals surface area (Å²) in [6.45, 7) is 2.73. The molecule has 8 nitrogen and oxygen atoms in total. The molecule has 0 saturated carbocycles. The molecular formula is C12H19N3O5S. The van der Waals surface area contributed by atoms with E-state index >= 15 is 0 Å². The molecule has 1 aromatic rings. The van der Waals surface area contributed by atoms with E-state index < -0.39 is 14.9 Å². The first-order chi connectivity index (χ1) is 9.84. The summed E-state index contributed by atoms with van der Waals surface area (Å²) in [6.07, 6.45) is 0. The lowest BCUT2D eigenvalue weighted by molar-refractivity contribution is -0.385. The SMILES string of the molecule is CCOCCN(C)S(=O)(=O)c1cc([N+](=O)[O-])ccc1NC. The topological polar surface area (TPSA) is 102 Å². The Labute approximate surface area is 123 Å². The van der Waals surface area contributed by atoms with Crippen molar-refractivity contribution in [2.24, 2.45) is 0 Å². The van der Waals surface area contributed by atoms with Crippen LogP contribution in [0.25, 0.3) is 0 Å². The van der Waals surface area contributed by atoms with Crippen molar-refractivity contribution in [2.45, 2.75) is 11.8 Å². The number of nitro benzene ring substituents is 1. The van der Waals surface area contributed by atoms with Crippen LogP contribution in [-0.4, -0.2) is 51.5 Å². The summed E-state index contributed by atoms with van der Waals surface area (Å²) in [5.74, 6) is 0. The van der Waals surface area contributed by atoms with Gasteiger partial charge in [-0.2, -0.15) is 4.31 Å². The number of sulfonamides is 1. The van der Waals surface area contributed by atoms with Gasteiger partial charge in [0.1, 0.15) is 4.90 Å². The van der Waals surface area contributed by atoms with Crippen LogP contribution in [0.4, 0.5) is 11.4 Å². The molecule has 1 N–H and O–H groups in total. The summed E-state index contributed by atoms with van der Waals surface area (Å²) >= 11 is 0. The molecule has 0 bridgehead atoms. The van der Waals surface area contributed by atoms with Gasteiger partial charge in [-0.3, -0.25) is 10.1 Å². The van der Waals surface area contributed by atoms with E-state index in [-0.39, 0.29) is 23.7 Å². The normalized spacial score (nSPS) is 11.6. The van der Waals surface area contributed by atoms with Crippen LogP contribution in [0, 0.1) is 10.1 Å². The fourth-order valence-electron chi connectivity index (χ4n) is 1.67. The highest BCUT2D eigenvalue weighted by Crippen LogP contribution is 2.28. The van der Waals surface area contributed by atoms with Crippen molar-refractivity contribution in [3.8, 4) is 0 Å². The van der Waals surface area contributed by atoms with E-state index in [2.05, 4.69) is 5.32 Å². The Balaban J connectivity index is 3.16. The van der Waals surface area contributed by atoms with E-state index in [4.69, 9.17) is 4.74 Å². The molecule has 21 heavy (non-hydrogen) atoms. The smallest absolute Gasteiger partial charge is 0.270 e. The molecule has 118 valence electrons. The standard InChI is InChI=1S/C12H19N3O5S/c1-4-20-8-7-14(3)21(18,19)12-9-10(15(16)17)5-6-11(12)13-2/h5-6,9,13H,4,7-8H2,1-3H3.